The van der Waals surface area contributed by atoms with Crippen molar-refractivity contribution in [3.05, 3.63) is 36.7 Å². The second-order valence-corrected chi connectivity index (χ2v) is 3.57. The molecule has 2 rings (SSSR count). The maximum Gasteiger partial charge on any atom is 0.491 e. The molecule has 0 aliphatic heterocycles. The second-order valence-electron chi connectivity index (χ2n) is 3.57. The molecule has 3 N–H and O–H groups in total. The lowest BCUT2D eigenvalue weighted by Gasteiger charge is -2.06. The molecule has 1 aromatic carbocycles. The van der Waals surface area contributed by atoms with Gasteiger partial charge in [-0.05, 0) is 24.3 Å². The van der Waals surface area contributed by atoms with E-state index in [0.717, 1.165) is 11.4 Å². The zero-order valence-corrected chi connectivity index (χ0v) is 9.74. The fourth-order valence-corrected chi connectivity index (χ4v) is 1.34. The quantitative estimate of drug-likeness (QED) is 0.652. The summed E-state index contributed by atoms with van der Waals surface area (Å²) >= 11 is 0. The largest absolute Gasteiger partial charge is 0.497 e. The smallest absolute Gasteiger partial charge is 0.491 e. The van der Waals surface area contributed by atoms with Crippen molar-refractivity contribution in [2.24, 2.45) is 0 Å². The molecular weight excluding hydrogens is 233 g/mol. The Hall–Kier alpha value is -2.12. The lowest BCUT2D eigenvalue weighted by atomic mass is 9.83. The summed E-state index contributed by atoms with van der Waals surface area (Å²) in [6.45, 7) is 0. The molecule has 0 aliphatic rings. The molecule has 1 heterocycles. The topological polar surface area (TPSA) is 87.5 Å². The average molecular weight is 245 g/mol. The maximum atomic E-state index is 8.90. The summed E-state index contributed by atoms with van der Waals surface area (Å²) in [5.41, 5.74) is 1.06. The third kappa shape index (κ3) is 2.96. The van der Waals surface area contributed by atoms with Gasteiger partial charge in [0.05, 0.1) is 7.11 Å². The Labute approximate surface area is 104 Å². The van der Waals surface area contributed by atoms with Gasteiger partial charge < -0.3 is 20.1 Å². The predicted molar refractivity (Wildman–Crippen MR) is 68.1 cm³/mol. The Kier molecular flexibility index (Phi) is 3.76. The zero-order valence-electron chi connectivity index (χ0n) is 9.74. The van der Waals surface area contributed by atoms with Gasteiger partial charge in [0.1, 0.15) is 5.75 Å². The van der Waals surface area contributed by atoms with E-state index in [1.807, 2.05) is 24.3 Å². The second kappa shape index (κ2) is 5.48. The zero-order chi connectivity index (χ0) is 13.0. The molecule has 0 saturated heterocycles. The number of benzene rings is 1. The first kappa shape index (κ1) is 12.3. The molecular formula is C11H12BN3O3. The molecule has 7 heteroatoms. The van der Waals surface area contributed by atoms with Gasteiger partial charge in [-0.3, -0.25) is 0 Å². The van der Waals surface area contributed by atoms with Gasteiger partial charge >= 0.3 is 7.12 Å². The third-order valence-corrected chi connectivity index (χ3v) is 2.32. The van der Waals surface area contributed by atoms with Crippen molar-refractivity contribution in [3.63, 3.8) is 0 Å². The normalized spacial score (nSPS) is 9.94. The van der Waals surface area contributed by atoms with Crippen LogP contribution in [0.4, 0.5) is 11.6 Å². The number of nitrogens with zero attached hydrogens (tertiary/aromatic N) is 2. The minimum absolute atomic E-state index is 0.246. The van der Waals surface area contributed by atoms with E-state index in [-0.39, 0.29) is 5.46 Å². The molecule has 0 saturated carbocycles. The summed E-state index contributed by atoms with van der Waals surface area (Å²) in [5, 5.41) is 20.8. The first-order valence-corrected chi connectivity index (χ1v) is 5.28. The molecule has 0 radical (unpaired) electrons. The number of anilines is 2. The van der Waals surface area contributed by atoms with Crippen LogP contribution in [0.1, 0.15) is 0 Å². The van der Waals surface area contributed by atoms with Crippen LogP contribution in [0.5, 0.6) is 5.75 Å². The molecule has 0 unspecified atom stereocenters. The van der Waals surface area contributed by atoms with Crippen molar-refractivity contribution in [2.75, 3.05) is 12.4 Å². The summed E-state index contributed by atoms with van der Waals surface area (Å²) < 4.78 is 5.05. The Bertz CT molecular complexity index is 502. The van der Waals surface area contributed by atoms with Gasteiger partial charge in [-0.1, -0.05) is 0 Å². The number of ether oxygens (including phenoxy) is 1. The molecule has 0 amide bonds. The van der Waals surface area contributed by atoms with Gasteiger partial charge in [-0.2, -0.15) is 0 Å². The highest BCUT2D eigenvalue weighted by molar-refractivity contribution is 6.58. The molecule has 6 nitrogen and oxygen atoms in total. The molecule has 0 bridgehead atoms. The molecule has 92 valence electrons. The molecule has 18 heavy (non-hydrogen) atoms. The lowest BCUT2D eigenvalue weighted by molar-refractivity contribution is 0.415. The van der Waals surface area contributed by atoms with Crippen LogP contribution >= 0.6 is 0 Å². The number of rotatable bonds is 4. The van der Waals surface area contributed by atoms with E-state index in [9.17, 15) is 0 Å². The number of methoxy groups -OCH3 is 1. The molecule has 2 aromatic rings. The average Bonchev–Trinajstić information content (AvgIpc) is 2.40. The van der Waals surface area contributed by atoms with Crippen molar-refractivity contribution >= 4 is 24.2 Å². The summed E-state index contributed by atoms with van der Waals surface area (Å²) in [6, 6.07) is 7.29. The highest BCUT2D eigenvalue weighted by atomic mass is 16.5. The molecule has 0 spiro atoms. The van der Waals surface area contributed by atoms with Gasteiger partial charge in [0.25, 0.3) is 0 Å². The fourth-order valence-electron chi connectivity index (χ4n) is 1.34. The monoisotopic (exact) mass is 245 g/mol. The van der Waals surface area contributed by atoms with Crippen LogP contribution < -0.4 is 15.5 Å². The predicted octanol–water partition coefficient (Wildman–Crippen LogP) is -0.0914. The van der Waals surface area contributed by atoms with Crippen molar-refractivity contribution in [3.8, 4) is 5.75 Å². The van der Waals surface area contributed by atoms with Crippen molar-refractivity contribution in [1.29, 1.82) is 0 Å². The number of hydrogen-bond acceptors (Lipinski definition) is 6. The molecule has 0 aliphatic carbocycles. The van der Waals surface area contributed by atoms with Crippen LogP contribution in [0.3, 0.4) is 0 Å². The number of hydrogen-bond donors (Lipinski definition) is 3. The third-order valence-electron chi connectivity index (χ3n) is 2.32. The Morgan fingerprint density at radius 2 is 1.72 bits per heavy atom. The number of aromatic nitrogens is 2. The summed E-state index contributed by atoms with van der Waals surface area (Å²) in [5.74, 6) is 1.14. The van der Waals surface area contributed by atoms with Crippen LogP contribution in [-0.2, 0) is 0 Å². The summed E-state index contributed by atoms with van der Waals surface area (Å²) in [6.07, 6.45) is 2.70. The van der Waals surface area contributed by atoms with E-state index in [4.69, 9.17) is 14.8 Å². The standard InChI is InChI=1S/C11H12BN3O3/c1-18-10-4-2-9(3-5-10)15-11-13-6-8(7-14-11)12(16)17/h2-7,16-17H,1H3,(H,13,14,15). The SMILES string of the molecule is COc1ccc(Nc2ncc(B(O)O)cn2)cc1. The van der Waals surface area contributed by atoms with Crippen LogP contribution in [0.2, 0.25) is 0 Å². The van der Waals surface area contributed by atoms with Gasteiger partial charge in [0.2, 0.25) is 5.95 Å². The number of nitrogens with one attached hydrogen (secondary N) is 1. The van der Waals surface area contributed by atoms with Crippen molar-refractivity contribution < 1.29 is 14.8 Å². The van der Waals surface area contributed by atoms with Crippen LogP contribution in [0.15, 0.2) is 36.7 Å². The van der Waals surface area contributed by atoms with Crippen LogP contribution in [0, 0.1) is 0 Å². The van der Waals surface area contributed by atoms with Crippen molar-refractivity contribution in [2.45, 2.75) is 0 Å². The van der Waals surface area contributed by atoms with E-state index in [0.29, 0.717) is 5.95 Å². The Morgan fingerprint density at radius 1 is 1.11 bits per heavy atom. The van der Waals surface area contributed by atoms with E-state index in [1.54, 1.807) is 7.11 Å². The molecule has 0 fully saturated rings. The highest BCUT2D eigenvalue weighted by Gasteiger charge is 2.11. The summed E-state index contributed by atoms with van der Waals surface area (Å²) in [4.78, 5) is 7.93. The molecule has 1 aromatic heterocycles. The van der Waals surface area contributed by atoms with E-state index in [2.05, 4.69) is 15.3 Å². The first-order valence-electron chi connectivity index (χ1n) is 5.28. The van der Waals surface area contributed by atoms with Crippen LogP contribution in [-0.4, -0.2) is 34.2 Å². The van der Waals surface area contributed by atoms with E-state index in [1.165, 1.54) is 12.4 Å². The van der Waals surface area contributed by atoms with E-state index >= 15 is 0 Å². The summed E-state index contributed by atoms with van der Waals surface area (Å²) in [7, 11) is 0.0461. The van der Waals surface area contributed by atoms with Gasteiger partial charge in [0, 0.05) is 23.5 Å². The highest BCUT2D eigenvalue weighted by Crippen LogP contribution is 2.17. The first-order chi connectivity index (χ1) is 8.69. The Balaban J connectivity index is 2.08. The molecule has 0 atom stereocenters. The van der Waals surface area contributed by atoms with Gasteiger partial charge in [-0.15, -0.1) is 0 Å². The maximum absolute atomic E-state index is 8.90. The van der Waals surface area contributed by atoms with Gasteiger partial charge in [0.15, 0.2) is 0 Å². The Morgan fingerprint density at radius 3 is 2.22 bits per heavy atom. The minimum atomic E-state index is -1.56. The van der Waals surface area contributed by atoms with Crippen molar-refractivity contribution in [1.82, 2.24) is 9.97 Å². The lowest BCUT2D eigenvalue weighted by Crippen LogP contribution is -2.30. The fraction of sp³-hybridized carbons (Fsp3) is 0.0909. The van der Waals surface area contributed by atoms with Gasteiger partial charge in [-0.25, -0.2) is 9.97 Å². The van der Waals surface area contributed by atoms with E-state index < -0.39 is 7.12 Å². The van der Waals surface area contributed by atoms with Crippen LogP contribution in [0.25, 0.3) is 0 Å². The minimum Gasteiger partial charge on any atom is -0.497 e.